The standard InChI is InChI=1S/C7H11ClN4O2S/c8-6-15(13,14)12(5-1-3-9)7(11)2-4-10/h7H,1-2,5-6,11H2. The second-order valence-electron chi connectivity index (χ2n) is 2.67. The summed E-state index contributed by atoms with van der Waals surface area (Å²) in [7, 11) is -3.68. The number of hydrogen-bond donors (Lipinski definition) is 1. The van der Waals surface area contributed by atoms with E-state index in [4.69, 9.17) is 27.9 Å². The number of sulfonamides is 1. The fraction of sp³-hybridized carbons (Fsp3) is 0.714. The van der Waals surface area contributed by atoms with Crippen LogP contribution in [0.15, 0.2) is 0 Å². The van der Waals surface area contributed by atoms with Crippen LogP contribution in [0.4, 0.5) is 0 Å². The Labute approximate surface area is 93.9 Å². The topological polar surface area (TPSA) is 111 Å². The van der Waals surface area contributed by atoms with Gasteiger partial charge in [0, 0.05) is 13.0 Å². The van der Waals surface area contributed by atoms with Crippen LogP contribution in [0.3, 0.4) is 0 Å². The van der Waals surface area contributed by atoms with Gasteiger partial charge in [-0.1, -0.05) is 0 Å². The largest absolute Gasteiger partial charge is 0.314 e. The quantitative estimate of drug-likeness (QED) is 0.524. The molecule has 1 unspecified atom stereocenters. The van der Waals surface area contributed by atoms with Crippen LogP contribution in [0.25, 0.3) is 0 Å². The maximum Gasteiger partial charge on any atom is 0.229 e. The predicted octanol–water partition coefficient (Wildman–Crippen LogP) is -0.0733. The molecule has 1 atom stereocenters. The van der Waals surface area contributed by atoms with E-state index in [-0.39, 0.29) is 19.4 Å². The summed E-state index contributed by atoms with van der Waals surface area (Å²) < 4.78 is 23.7. The molecule has 84 valence electrons. The Kier molecular flexibility index (Phi) is 6.21. The van der Waals surface area contributed by atoms with E-state index in [2.05, 4.69) is 0 Å². The van der Waals surface area contributed by atoms with E-state index in [9.17, 15) is 8.42 Å². The minimum atomic E-state index is -3.68. The minimum absolute atomic E-state index is 0.00917. The molecule has 0 radical (unpaired) electrons. The van der Waals surface area contributed by atoms with Crippen LogP contribution in [-0.2, 0) is 10.0 Å². The van der Waals surface area contributed by atoms with Crippen LogP contribution in [0, 0.1) is 22.7 Å². The van der Waals surface area contributed by atoms with Crippen molar-refractivity contribution in [1.29, 1.82) is 10.5 Å². The molecule has 0 aromatic rings. The number of halogens is 1. The Balaban J connectivity index is 4.75. The molecule has 0 spiro atoms. The second-order valence-corrected chi connectivity index (χ2v) is 5.18. The maximum absolute atomic E-state index is 11.4. The van der Waals surface area contributed by atoms with Gasteiger partial charge in [-0.15, -0.1) is 11.6 Å². The highest BCUT2D eigenvalue weighted by Gasteiger charge is 2.26. The molecular weight excluding hydrogens is 240 g/mol. The first-order chi connectivity index (χ1) is 6.99. The van der Waals surface area contributed by atoms with Gasteiger partial charge in [0.25, 0.3) is 0 Å². The van der Waals surface area contributed by atoms with Crippen molar-refractivity contribution in [1.82, 2.24) is 4.31 Å². The first-order valence-corrected chi connectivity index (χ1v) is 6.19. The molecule has 15 heavy (non-hydrogen) atoms. The molecule has 6 nitrogen and oxygen atoms in total. The van der Waals surface area contributed by atoms with E-state index < -0.39 is 21.4 Å². The molecule has 8 heteroatoms. The van der Waals surface area contributed by atoms with Gasteiger partial charge < -0.3 is 5.73 Å². The summed E-state index contributed by atoms with van der Waals surface area (Å²) in [6.07, 6.45) is -1.08. The molecule has 0 aromatic carbocycles. The zero-order chi connectivity index (χ0) is 11.9. The monoisotopic (exact) mass is 250 g/mol. The van der Waals surface area contributed by atoms with E-state index in [1.807, 2.05) is 0 Å². The van der Waals surface area contributed by atoms with Crippen LogP contribution in [0.1, 0.15) is 12.8 Å². The van der Waals surface area contributed by atoms with E-state index in [0.29, 0.717) is 0 Å². The molecule has 0 aromatic heterocycles. The smallest absolute Gasteiger partial charge is 0.229 e. The Morgan fingerprint density at radius 3 is 2.40 bits per heavy atom. The van der Waals surface area contributed by atoms with E-state index >= 15 is 0 Å². The van der Waals surface area contributed by atoms with E-state index in [0.717, 1.165) is 4.31 Å². The molecule has 0 fully saturated rings. The minimum Gasteiger partial charge on any atom is -0.314 e. The Morgan fingerprint density at radius 1 is 1.40 bits per heavy atom. The summed E-state index contributed by atoms with van der Waals surface area (Å²) in [5, 5.41) is 16.1. The van der Waals surface area contributed by atoms with Crippen LogP contribution < -0.4 is 5.73 Å². The first-order valence-electron chi connectivity index (χ1n) is 4.04. The summed E-state index contributed by atoms with van der Waals surface area (Å²) in [5.41, 5.74) is 5.49. The van der Waals surface area contributed by atoms with Crippen molar-refractivity contribution >= 4 is 21.6 Å². The summed E-state index contributed by atoms with van der Waals surface area (Å²) >= 11 is 5.26. The third-order valence-electron chi connectivity index (χ3n) is 1.61. The molecule has 0 heterocycles. The molecule has 0 aliphatic rings. The third kappa shape index (κ3) is 4.45. The van der Waals surface area contributed by atoms with Crippen LogP contribution in [-0.4, -0.2) is 30.6 Å². The first kappa shape index (κ1) is 14.1. The summed E-state index contributed by atoms with van der Waals surface area (Å²) in [4.78, 5) is 0. The maximum atomic E-state index is 11.4. The number of nitrogens with zero attached hydrogens (tertiary/aromatic N) is 3. The highest BCUT2D eigenvalue weighted by atomic mass is 35.5. The average molecular weight is 251 g/mol. The van der Waals surface area contributed by atoms with Gasteiger partial charge in [-0.3, -0.25) is 0 Å². The van der Waals surface area contributed by atoms with E-state index in [1.165, 1.54) is 0 Å². The van der Waals surface area contributed by atoms with Gasteiger partial charge in [0.15, 0.2) is 0 Å². The van der Waals surface area contributed by atoms with Gasteiger partial charge in [-0.05, 0) is 0 Å². The third-order valence-corrected chi connectivity index (χ3v) is 3.88. The molecule has 0 aliphatic carbocycles. The second kappa shape index (κ2) is 6.59. The molecule has 0 saturated carbocycles. The molecule has 0 bridgehead atoms. The molecule has 0 amide bonds. The number of hydrogen-bond acceptors (Lipinski definition) is 5. The van der Waals surface area contributed by atoms with Gasteiger partial charge in [-0.2, -0.15) is 14.8 Å². The zero-order valence-electron chi connectivity index (χ0n) is 7.93. The Bertz CT molecular complexity index is 369. The van der Waals surface area contributed by atoms with Crippen molar-refractivity contribution in [3.05, 3.63) is 0 Å². The van der Waals surface area contributed by atoms with Crippen molar-refractivity contribution in [2.45, 2.75) is 19.0 Å². The highest BCUT2D eigenvalue weighted by Crippen LogP contribution is 2.09. The molecule has 0 aliphatic heterocycles. The van der Waals surface area contributed by atoms with Gasteiger partial charge in [0.05, 0.1) is 24.7 Å². The Hall–Kier alpha value is -0.860. The zero-order valence-corrected chi connectivity index (χ0v) is 9.50. The predicted molar refractivity (Wildman–Crippen MR) is 54.8 cm³/mol. The molecular formula is C7H11ClN4O2S. The lowest BCUT2D eigenvalue weighted by molar-refractivity contribution is 0.335. The average Bonchev–Trinajstić information content (AvgIpc) is 2.18. The van der Waals surface area contributed by atoms with Gasteiger partial charge in [0.2, 0.25) is 10.0 Å². The highest BCUT2D eigenvalue weighted by molar-refractivity contribution is 7.90. The van der Waals surface area contributed by atoms with Gasteiger partial charge >= 0.3 is 0 Å². The van der Waals surface area contributed by atoms with Crippen molar-refractivity contribution in [3.63, 3.8) is 0 Å². The summed E-state index contributed by atoms with van der Waals surface area (Å²) in [6.45, 7) is -0.0472. The molecule has 2 N–H and O–H groups in total. The van der Waals surface area contributed by atoms with Gasteiger partial charge in [0.1, 0.15) is 5.21 Å². The lowest BCUT2D eigenvalue weighted by Crippen LogP contribution is -2.46. The molecule has 0 rings (SSSR count). The number of rotatable bonds is 6. The number of nitrogens with two attached hydrogens (primary N) is 1. The SMILES string of the molecule is N#CCCN(C(N)CC#N)S(=O)(=O)CCl. The van der Waals surface area contributed by atoms with Crippen molar-refractivity contribution in [2.75, 3.05) is 11.8 Å². The normalized spacial score (nSPS) is 13.1. The van der Waals surface area contributed by atoms with Gasteiger partial charge in [-0.25, -0.2) is 8.42 Å². The van der Waals surface area contributed by atoms with Crippen molar-refractivity contribution in [2.24, 2.45) is 5.73 Å². The molecule has 0 saturated heterocycles. The van der Waals surface area contributed by atoms with Crippen molar-refractivity contribution < 1.29 is 8.42 Å². The lowest BCUT2D eigenvalue weighted by atomic mass is 10.3. The number of alkyl halides is 1. The fourth-order valence-electron chi connectivity index (χ4n) is 0.929. The van der Waals surface area contributed by atoms with Crippen LogP contribution >= 0.6 is 11.6 Å². The van der Waals surface area contributed by atoms with Crippen molar-refractivity contribution in [3.8, 4) is 12.1 Å². The summed E-state index contributed by atoms with van der Waals surface area (Å²) in [6, 6.07) is 3.57. The van der Waals surface area contributed by atoms with Crippen LogP contribution in [0.5, 0.6) is 0 Å². The number of nitriles is 2. The van der Waals surface area contributed by atoms with E-state index in [1.54, 1.807) is 12.1 Å². The fourth-order valence-corrected chi connectivity index (χ4v) is 2.29. The lowest BCUT2D eigenvalue weighted by Gasteiger charge is -2.24. The summed E-state index contributed by atoms with van der Waals surface area (Å²) in [5.74, 6) is 0. The van der Waals surface area contributed by atoms with Crippen LogP contribution in [0.2, 0.25) is 0 Å². The Morgan fingerprint density at radius 2 is 2.00 bits per heavy atom.